The molecule has 2 aliphatic heterocycles. The van der Waals surface area contributed by atoms with E-state index in [9.17, 15) is 22.3 Å². The van der Waals surface area contributed by atoms with Gasteiger partial charge >= 0.3 is 0 Å². The van der Waals surface area contributed by atoms with Gasteiger partial charge in [0.05, 0.1) is 10.5 Å². The van der Waals surface area contributed by atoms with E-state index in [1.54, 1.807) is 43.5 Å². The Morgan fingerprint density at radius 2 is 1.77 bits per heavy atom. The van der Waals surface area contributed by atoms with E-state index in [0.717, 1.165) is 0 Å². The van der Waals surface area contributed by atoms with Crippen LogP contribution in [0.2, 0.25) is 0 Å². The van der Waals surface area contributed by atoms with Crippen LogP contribution in [0.15, 0.2) is 59.6 Å². The quantitative estimate of drug-likeness (QED) is 0.381. The Morgan fingerprint density at radius 3 is 2.44 bits per heavy atom. The van der Waals surface area contributed by atoms with E-state index in [0.29, 0.717) is 67.6 Å². The van der Waals surface area contributed by atoms with E-state index in [-0.39, 0.29) is 23.8 Å². The van der Waals surface area contributed by atoms with Crippen LogP contribution in [0.1, 0.15) is 24.8 Å². The number of hydrogen-bond donors (Lipinski definition) is 3. The van der Waals surface area contributed by atoms with Crippen molar-refractivity contribution >= 4 is 33.2 Å². The van der Waals surface area contributed by atoms with Crippen molar-refractivity contribution in [3.8, 4) is 0 Å². The molecule has 2 saturated heterocycles. The van der Waals surface area contributed by atoms with Crippen molar-refractivity contribution in [2.45, 2.75) is 42.9 Å². The number of aryl methyl sites for hydroxylation is 1. The third kappa shape index (κ3) is 6.52. The van der Waals surface area contributed by atoms with Gasteiger partial charge in [0.2, 0.25) is 16.0 Å². The lowest BCUT2D eigenvalue weighted by atomic mass is 9.92. The van der Waals surface area contributed by atoms with Crippen LogP contribution in [-0.4, -0.2) is 77.2 Å². The molecule has 12 heteroatoms. The fourth-order valence-electron chi connectivity index (χ4n) is 4.99. The van der Waals surface area contributed by atoms with Crippen LogP contribution < -0.4 is 10.6 Å². The number of rotatable bonds is 8. The van der Waals surface area contributed by atoms with Gasteiger partial charge in [0.1, 0.15) is 17.8 Å². The summed E-state index contributed by atoms with van der Waals surface area (Å²) in [5.41, 5.74) is 0.797. The third-order valence-corrected chi connectivity index (χ3v) is 9.13. The number of piperidine rings is 1. The molecular formula is C27H32F2N6O3S. The number of benzene rings is 2. The van der Waals surface area contributed by atoms with E-state index in [4.69, 9.17) is 0 Å². The minimum Gasteiger partial charge on any atom is -0.388 e. The normalized spacial score (nSPS) is 20.2. The van der Waals surface area contributed by atoms with Gasteiger partial charge in [-0.15, -0.1) is 0 Å². The predicted octanol–water partition coefficient (Wildman–Crippen LogP) is 3.97. The lowest BCUT2D eigenvalue weighted by molar-refractivity contribution is -0.0292. The Morgan fingerprint density at radius 1 is 1.05 bits per heavy atom. The molecular weight excluding hydrogens is 526 g/mol. The van der Waals surface area contributed by atoms with Gasteiger partial charge in [0, 0.05) is 50.3 Å². The Bertz CT molecular complexity index is 1420. The van der Waals surface area contributed by atoms with E-state index < -0.39 is 21.8 Å². The van der Waals surface area contributed by atoms with Gasteiger partial charge in [-0.1, -0.05) is 0 Å². The second kappa shape index (κ2) is 11.1. The van der Waals surface area contributed by atoms with E-state index >= 15 is 0 Å². The van der Waals surface area contributed by atoms with Crippen molar-refractivity contribution in [3.05, 3.63) is 66.1 Å². The smallest absolute Gasteiger partial charge is 0.243 e. The molecule has 3 aromatic rings. The topological polar surface area (TPSA) is 111 Å². The lowest BCUT2D eigenvalue weighted by Crippen LogP contribution is -2.51. The minimum atomic E-state index is -3.73. The number of hydrogen-bond acceptors (Lipinski definition) is 8. The molecule has 9 nitrogen and oxygen atoms in total. The number of anilines is 4. The SMILES string of the molecule is Cc1cc(Nc2ccnc(Nc3ccc(S(=O)(=O)N4CCC(O)(CN5CC[C@H](F)C5)CC4)cc3)n2)ccc1F. The van der Waals surface area contributed by atoms with Crippen LogP contribution in [0.3, 0.4) is 0 Å². The molecule has 0 amide bonds. The maximum absolute atomic E-state index is 13.5. The largest absolute Gasteiger partial charge is 0.388 e. The second-order valence-electron chi connectivity index (χ2n) is 10.3. The van der Waals surface area contributed by atoms with Crippen molar-refractivity contribution in [1.82, 2.24) is 19.2 Å². The Hall–Kier alpha value is -3.19. The van der Waals surface area contributed by atoms with Crippen molar-refractivity contribution < 1.29 is 22.3 Å². The summed E-state index contributed by atoms with van der Waals surface area (Å²) >= 11 is 0. The van der Waals surface area contributed by atoms with E-state index in [1.807, 2.05) is 4.90 Å². The van der Waals surface area contributed by atoms with E-state index in [2.05, 4.69) is 20.6 Å². The molecule has 208 valence electrons. The van der Waals surface area contributed by atoms with Gasteiger partial charge in [-0.3, -0.25) is 4.90 Å². The average Bonchev–Trinajstić information content (AvgIpc) is 3.31. The van der Waals surface area contributed by atoms with Crippen LogP contribution in [0, 0.1) is 12.7 Å². The fourth-order valence-corrected chi connectivity index (χ4v) is 6.43. The van der Waals surface area contributed by atoms with Gasteiger partial charge in [0.25, 0.3) is 0 Å². The average molecular weight is 559 g/mol. The number of β-amino-alcohol motifs (C(OH)–C–C–N with tert-alkyl or cyclic N) is 1. The molecule has 0 spiro atoms. The van der Waals surface area contributed by atoms with Crippen molar-refractivity contribution in [2.24, 2.45) is 0 Å². The Kier molecular flexibility index (Phi) is 7.81. The van der Waals surface area contributed by atoms with Crippen LogP contribution >= 0.6 is 0 Å². The third-order valence-electron chi connectivity index (χ3n) is 7.22. The highest BCUT2D eigenvalue weighted by Crippen LogP contribution is 2.29. The first-order valence-corrected chi connectivity index (χ1v) is 14.4. The number of aromatic nitrogens is 2. The number of aliphatic hydroxyl groups is 1. The lowest BCUT2D eigenvalue weighted by Gasteiger charge is -2.39. The van der Waals surface area contributed by atoms with Crippen LogP contribution in [-0.2, 0) is 10.0 Å². The molecule has 1 aromatic heterocycles. The summed E-state index contributed by atoms with van der Waals surface area (Å²) in [5.74, 6) is 0.534. The maximum Gasteiger partial charge on any atom is 0.243 e. The fraction of sp³-hybridized carbons (Fsp3) is 0.407. The summed E-state index contributed by atoms with van der Waals surface area (Å²) in [6, 6.07) is 12.7. The first-order valence-electron chi connectivity index (χ1n) is 12.9. The number of nitrogens with one attached hydrogen (secondary N) is 2. The zero-order chi connectivity index (χ0) is 27.6. The molecule has 2 fully saturated rings. The van der Waals surface area contributed by atoms with Crippen LogP contribution in [0.25, 0.3) is 0 Å². The van der Waals surface area contributed by atoms with Crippen LogP contribution in [0.4, 0.5) is 31.9 Å². The highest BCUT2D eigenvalue weighted by atomic mass is 32.2. The van der Waals surface area contributed by atoms with Gasteiger partial charge in [0.15, 0.2) is 0 Å². The molecule has 0 saturated carbocycles. The minimum absolute atomic E-state index is 0.154. The summed E-state index contributed by atoms with van der Waals surface area (Å²) in [6.45, 7) is 3.39. The van der Waals surface area contributed by atoms with Crippen LogP contribution in [0.5, 0.6) is 0 Å². The zero-order valence-corrected chi connectivity index (χ0v) is 22.5. The first kappa shape index (κ1) is 27.4. The summed E-state index contributed by atoms with van der Waals surface area (Å²) in [4.78, 5) is 10.7. The maximum atomic E-state index is 13.5. The summed E-state index contributed by atoms with van der Waals surface area (Å²) < 4.78 is 54.9. The Balaban J connectivity index is 1.19. The first-order chi connectivity index (χ1) is 18.6. The molecule has 2 aliphatic rings. The number of sulfonamides is 1. The van der Waals surface area contributed by atoms with Gasteiger partial charge in [-0.25, -0.2) is 22.2 Å². The molecule has 0 unspecified atom stereocenters. The number of likely N-dealkylation sites (tertiary alicyclic amines) is 1. The van der Waals surface area contributed by atoms with Crippen molar-refractivity contribution in [1.29, 1.82) is 0 Å². The van der Waals surface area contributed by atoms with Gasteiger partial charge < -0.3 is 15.7 Å². The molecule has 2 aromatic carbocycles. The van der Waals surface area contributed by atoms with Crippen molar-refractivity contribution in [3.63, 3.8) is 0 Å². The second-order valence-corrected chi connectivity index (χ2v) is 12.2. The molecule has 3 N–H and O–H groups in total. The highest BCUT2D eigenvalue weighted by Gasteiger charge is 2.39. The molecule has 1 atom stereocenters. The number of halogens is 2. The number of alkyl halides is 1. The summed E-state index contributed by atoms with van der Waals surface area (Å²) in [7, 11) is -3.73. The monoisotopic (exact) mass is 558 g/mol. The highest BCUT2D eigenvalue weighted by molar-refractivity contribution is 7.89. The van der Waals surface area contributed by atoms with Gasteiger partial charge in [-0.2, -0.15) is 9.29 Å². The molecule has 39 heavy (non-hydrogen) atoms. The molecule has 0 bridgehead atoms. The standard InChI is InChI=1S/C27H32F2N6O3S/c1-19-16-22(4-7-24(19)29)31-25-8-12-30-26(33-25)32-21-2-5-23(6-3-21)39(37,38)35-14-10-27(36,11-15-35)18-34-13-9-20(28)17-34/h2-8,12,16,20,36H,9-11,13-15,17-18H2,1H3,(H2,30,31,32,33)/t20-/m0/s1. The van der Waals surface area contributed by atoms with E-state index in [1.165, 1.54) is 22.5 Å². The Labute approximate surface area is 226 Å². The molecule has 5 rings (SSSR count). The summed E-state index contributed by atoms with van der Waals surface area (Å²) in [6.07, 6.45) is 1.80. The number of nitrogens with zero attached hydrogens (tertiary/aromatic N) is 4. The van der Waals surface area contributed by atoms with Crippen molar-refractivity contribution in [2.75, 3.05) is 43.4 Å². The summed E-state index contributed by atoms with van der Waals surface area (Å²) in [5, 5.41) is 17.1. The molecule has 0 aliphatic carbocycles. The van der Waals surface area contributed by atoms with Gasteiger partial charge in [-0.05, 0) is 80.3 Å². The molecule has 0 radical (unpaired) electrons. The predicted molar refractivity (Wildman–Crippen MR) is 145 cm³/mol. The molecule has 3 heterocycles. The zero-order valence-electron chi connectivity index (χ0n) is 21.6.